The highest BCUT2D eigenvalue weighted by Crippen LogP contribution is 2.15. The molecule has 0 aliphatic heterocycles. The summed E-state index contributed by atoms with van der Waals surface area (Å²) in [5, 5.41) is 5.31. The number of hydrogen-bond donors (Lipinski definition) is 2. The van der Waals surface area contributed by atoms with Gasteiger partial charge in [0, 0.05) is 18.3 Å². The molecular weight excluding hydrogens is 292 g/mol. The number of carbonyl (C=O) groups is 2. The maximum Gasteiger partial charge on any atom is 0.265 e. The van der Waals surface area contributed by atoms with Gasteiger partial charge in [0.2, 0.25) is 0 Å². The second-order valence-corrected chi connectivity index (χ2v) is 5.22. The highest BCUT2D eigenvalue weighted by atomic mass is 16.5. The summed E-state index contributed by atoms with van der Waals surface area (Å²) < 4.78 is 5.61. The van der Waals surface area contributed by atoms with Crippen LogP contribution in [0.5, 0.6) is 5.75 Å². The van der Waals surface area contributed by atoms with E-state index in [0.29, 0.717) is 17.0 Å². The topological polar surface area (TPSA) is 67.4 Å². The predicted molar refractivity (Wildman–Crippen MR) is 89.7 cm³/mol. The molecule has 0 bridgehead atoms. The molecule has 5 heteroatoms. The van der Waals surface area contributed by atoms with E-state index in [1.807, 2.05) is 31.2 Å². The Bertz CT molecular complexity index is 678. The van der Waals surface area contributed by atoms with Gasteiger partial charge in [-0.15, -0.1) is 0 Å². The summed E-state index contributed by atoms with van der Waals surface area (Å²) in [5.74, 6) is 0.227. The van der Waals surface area contributed by atoms with Crippen molar-refractivity contribution in [2.75, 3.05) is 12.4 Å². The Morgan fingerprint density at radius 3 is 2.17 bits per heavy atom. The van der Waals surface area contributed by atoms with Crippen molar-refractivity contribution in [3.8, 4) is 5.75 Å². The fourth-order valence-corrected chi connectivity index (χ4v) is 1.97. The van der Waals surface area contributed by atoms with Crippen LogP contribution in [0.2, 0.25) is 0 Å². The Hall–Kier alpha value is -2.82. The molecule has 2 aromatic rings. The van der Waals surface area contributed by atoms with Crippen molar-refractivity contribution in [1.29, 1.82) is 0 Å². The normalized spacial score (nSPS) is 11.4. The van der Waals surface area contributed by atoms with Crippen molar-refractivity contribution in [3.05, 3.63) is 59.7 Å². The molecule has 0 heterocycles. The molecule has 2 rings (SSSR count). The van der Waals surface area contributed by atoms with Crippen LogP contribution in [-0.4, -0.2) is 25.0 Å². The lowest BCUT2D eigenvalue weighted by atomic mass is 10.2. The van der Waals surface area contributed by atoms with Crippen LogP contribution in [0.3, 0.4) is 0 Å². The summed E-state index contributed by atoms with van der Waals surface area (Å²) >= 11 is 0. The van der Waals surface area contributed by atoms with E-state index in [1.54, 1.807) is 38.2 Å². The molecule has 120 valence electrons. The van der Waals surface area contributed by atoms with E-state index < -0.39 is 6.10 Å². The van der Waals surface area contributed by atoms with Crippen LogP contribution >= 0.6 is 0 Å². The second-order valence-electron chi connectivity index (χ2n) is 5.22. The minimum absolute atomic E-state index is 0.168. The van der Waals surface area contributed by atoms with Gasteiger partial charge in [-0.2, -0.15) is 0 Å². The molecule has 2 amide bonds. The van der Waals surface area contributed by atoms with Gasteiger partial charge in [0.1, 0.15) is 5.75 Å². The van der Waals surface area contributed by atoms with Crippen LogP contribution in [0.4, 0.5) is 5.69 Å². The zero-order chi connectivity index (χ0) is 16.8. The van der Waals surface area contributed by atoms with Crippen LogP contribution < -0.4 is 15.4 Å². The number of amides is 2. The smallest absolute Gasteiger partial charge is 0.265 e. The zero-order valence-electron chi connectivity index (χ0n) is 13.4. The number of hydrogen-bond acceptors (Lipinski definition) is 3. The molecule has 0 aromatic heterocycles. The van der Waals surface area contributed by atoms with E-state index in [0.717, 1.165) is 5.56 Å². The minimum Gasteiger partial charge on any atom is -0.481 e. The summed E-state index contributed by atoms with van der Waals surface area (Å²) in [7, 11) is 1.57. The lowest BCUT2D eigenvalue weighted by Gasteiger charge is -2.15. The molecule has 23 heavy (non-hydrogen) atoms. The third-order valence-electron chi connectivity index (χ3n) is 3.34. The Labute approximate surface area is 135 Å². The first-order valence-electron chi connectivity index (χ1n) is 7.36. The molecule has 0 radical (unpaired) electrons. The van der Waals surface area contributed by atoms with Crippen LogP contribution in [0.15, 0.2) is 48.5 Å². The number of anilines is 1. The van der Waals surface area contributed by atoms with E-state index in [4.69, 9.17) is 4.74 Å². The molecule has 0 unspecified atom stereocenters. The minimum atomic E-state index is -0.628. The summed E-state index contributed by atoms with van der Waals surface area (Å²) in [4.78, 5) is 23.6. The number of aryl methyl sites for hydroxylation is 1. The first-order chi connectivity index (χ1) is 11.0. The average Bonchev–Trinajstić information content (AvgIpc) is 2.56. The molecule has 0 aliphatic rings. The van der Waals surface area contributed by atoms with Gasteiger partial charge >= 0.3 is 0 Å². The number of carbonyl (C=O) groups excluding carboxylic acids is 2. The summed E-state index contributed by atoms with van der Waals surface area (Å²) in [6.45, 7) is 3.68. The van der Waals surface area contributed by atoms with Crippen molar-refractivity contribution in [2.24, 2.45) is 0 Å². The Kier molecular flexibility index (Phi) is 5.36. The fourth-order valence-electron chi connectivity index (χ4n) is 1.97. The number of nitrogens with one attached hydrogen (secondary N) is 2. The van der Waals surface area contributed by atoms with Crippen LogP contribution in [-0.2, 0) is 4.79 Å². The Morgan fingerprint density at radius 2 is 1.61 bits per heavy atom. The van der Waals surface area contributed by atoms with Crippen molar-refractivity contribution in [3.63, 3.8) is 0 Å². The van der Waals surface area contributed by atoms with Crippen LogP contribution in [0, 0.1) is 6.92 Å². The summed E-state index contributed by atoms with van der Waals surface area (Å²) in [6.07, 6.45) is -0.628. The molecule has 0 aliphatic carbocycles. The summed E-state index contributed by atoms with van der Waals surface area (Å²) in [5.41, 5.74) is 2.28. The number of ether oxygens (including phenoxy) is 1. The molecular formula is C18H20N2O3. The standard InChI is InChI=1S/C18H20N2O3/c1-12-4-10-16(11-5-12)23-13(2)17(21)20-15-8-6-14(7-9-15)18(22)19-3/h4-11,13H,1-3H3,(H,19,22)(H,20,21)/t13-/m1/s1. The third kappa shape index (κ3) is 4.57. The molecule has 0 fully saturated rings. The van der Waals surface area contributed by atoms with E-state index in [1.165, 1.54) is 0 Å². The largest absolute Gasteiger partial charge is 0.481 e. The molecule has 0 saturated carbocycles. The Balaban J connectivity index is 1.95. The van der Waals surface area contributed by atoms with Crippen molar-refractivity contribution < 1.29 is 14.3 Å². The van der Waals surface area contributed by atoms with E-state index in [2.05, 4.69) is 10.6 Å². The van der Waals surface area contributed by atoms with E-state index in [9.17, 15) is 9.59 Å². The monoisotopic (exact) mass is 312 g/mol. The van der Waals surface area contributed by atoms with Crippen LogP contribution in [0.25, 0.3) is 0 Å². The van der Waals surface area contributed by atoms with Gasteiger partial charge in [0.15, 0.2) is 6.10 Å². The van der Waals surface area contributed by atoms with Gasteiger partial charge in [-0.05, 0) is 50.2 Å². The highest BCUT2D eigenvalue weighted by molar-refractivity contribution is 5.96. The predicted octanol–water partition coefficient (Wildman–Crippen LogP) is 2.76. The van der Waals surface area contributed by atoms with Gasteiger partial charge in [-0.25, -0.2) is 0 Å². The molecule has 2 N–H and O–H groups in total. The molecule has 0 saturated heterocycles. The first-order valence-corrected chi connectivity index (χ1v) is 7.36. The maximum absolute atomic E-state index is 12.1. The van der Waals surface area contributed by atoms with Crippen molar-refractivity contribution in [2.45, 2.75) is 20.0 Å². The summed E-state index contributed by atoms with van der Waals surface area (Å²) in [6, 6.07) is 14.2. The van der Waals surface area contributed by atoms with E-state index >= 15 is 0 Å². The zero-order valence-corrected chi connectivity index (χ0v) is 13.4. The maximum atomic E-state index is 12.1. The fraction of sp³-hybridized carbons (Fsp3) is 0.222. The number of benzene rings is 2. The third-order valence-corrected chi connectivity index (χ3v) is 3.34. The first kappa shape index (κ1) is 16.5. The van der Waals surface area contributed by atoms with Crippen LogP contribution in [0.1, 0.15) is 22.8 Å². The van der Waals surface area contributed by atoms with Gasteiger partial charge in [-0.1, -0.05) is 17.7 Å². The SMILES string of the molecule is CNC(=O)c1ccc(NC(=O)[C@@H](C)Oc2ccc(C)cc2)cc1. The molecule has 5 nitrogen and oxygen atoms in total. The Morgan fingerprint density at radius 1 is 1.00 bits per heavy atom. The quantitative estimate of drug-likeness (QED) is 0.892. The van der Waals surface area contributed by atoms with Gasteiger partial charge < -0.3 is 15.4 Å². The molecule has 1 atom stereocenters. The highest BCUT2D eigenvalue weighted by Gasteiger charge is 2.15. The lowest BCUT2D eigenvalue weighted by Crippen LogP contribution is -2.30. The van der Waals surface area contributed by atoms with Gasteiger partial charge in [0.25, 0.3) is 11.8 Å². The number of rotatable bonds is 5. The molecule has 0 spiro atoms. The van der Waals surface area contributed by atoms with Crippen molar-refractivity contribution >= 4 is 17.5 Å². The van der Waals surface area contributed by atoms with Gasteiger partial charge in [-0.3, -0.25) is 9.59 Å². The second kappa shape index (κ2) is 7.45. The van der Waals surface area contributed by atoms with E-state index in [-0.39, 0.29) is 11.8 Å². The molecule has 2 aromatic carbocycles. The van der Waals surface area contributed by atoms with Gasteiger partial charge in [0.05, 0.1) is 0 Å². The average molecular weight is 312 g/mol. The lowest BCUT2D eigenvalue weighted by molar-refractivity contribution is -0.122. The van der Waals surface area contributed by atoms with Crippen molar-refractivity contribution in [1.82, 2.24) is 5.32 Å².